The van der Waals surface area contributed by atoms with Gasteiger partial charge in [-0.3, -0.25) is 14.4 Å². The number of ether oxygens (including phenoxy) is 2. The summed E-state index contributed by atoms with van der Waals surface area (Å²) in [5.41, 5.74) is 3.32. The fraction of sp³-hybridized carbons (Fsp3) is 0.414. The number of aromatic nitrogens is 2. The molecule has 10 heteroatoms. The molecule has 208 valence electrons. The average Bonchev–Trinajstić information content (AvgIpc) is 3.52. The largest absolute Gasteiger partial charge is 0.465 e. The summed E-state index contributed by atoms with van der Waals surface area (Å²) in [5, 5.41) is 7.80. The van der Waals surface area contributed by atoms with Gasteiger partial charge in [-0.2, -0.15) is 5.10 Å². The van der Waals surface area contributed by atoms with Crippen molar-refractivity contribution in [3.05, 3.63) is 77.0 Å². The number of carbonyl (C=O) groups is 2. The number of esters is 1. The van der Waals surface area contributed by atoms with Gasteiger partial charge in [0.05, 0.1) is 36.6 Å². The first-order valence-corrected chi connectivity index (χ1v) is 12.9. The number of hydrogen-bond acceptors (Lipinski definition) is 6. The first-order chi connectivity index (χ1) is 18.7. The number of nitrogens with one attached hydrogen (secondary N) is 1. The van der Waals surface area contributed by atoms with E-state index in [9.17, 15) is 18.4 Å². The second-order valence-electron chi connectivity index (χ2n) is 9.76. The number of halogens is 2. The normalized spacial score (nSPS) is 18.2. The molecule has 1 N–H and O–H groups in total. The molecule has 0 saturated carbocycles. The van der Waals surface area contributed by atoms with Crippen molar-refractivity contribution in [1.29, 1.82) is 0 Å². The number of aryl methyl sites for hydroxylation is 1. The van der Waals surface area contributed by atoms with Crippen molar-refractivity contribution < 1.29 is 27.8 Å². The molecule has 1 aliphatic heterocycles. The number of likely N-dealkylation sites (tertiary alicyclic amines) is 1. The zero-order valence-corrected chi connectivity index (χ0v) is 22.6. The van der Waals surface area contributed by atoms with Gasteiger partial charge in [0.2, 0.25) is 5.91 Å². The number of amides is 1. The van der Waals surface area contributed by atoms with E-state index in [1.807, 2.05) is 13.0 Å². The Morgan fingerprint density at radius 1 is 1.08 bits per heavy atom. The molecule has 2 aromatic carbocycles. The van der Waals surface area contributed by atoms with Crippen LogP contribution in [-0.2, 0) is 21.3 Å². The molecule has 1 aliphatic rings. The lowest BCUT2D eigenvalue weighted by Gasteiger charge is -2.23. The molecule has 0 bridgehead atoms. The lowest BCUT2D eigenvalue weighted by atomic mass is 9.92. The molecule has 39 heavy (non-hydrogen) atoms. The minimum atomic E-state index is -0.901. The van der Waals surface area contributed by atoms with Crippen LogP contribution >= 0.6 is 0 Å². The van der Waals surface area contributed by atoms with Gasteiger partial charge in [-0.05, 0) is 42.3 Å². The highest BCUT2D eigenvalue weighted by Gasteiger charge is 2.36. The van der Waals surface area contributed by atoms with Crippen molar-refractivity contribution in [3.8, 4) is 11.3 Å². The molecule has 0 radical (unpaired) electrons. The molecule has 0 aliphatic carbocycles. The predicted molar refractivity (Wildman–Crippen MR) is 142 cm³/mol. The number of hydrogen-bond donors (Lipinski definition) is 1. The molecule has 8 nitrogen and oxygen atoms in total. The molecule has 3 aromatic rings. The van der Waals surface area contributed by atoms with Crippen LogP contribution in [-0.4, -0.2) is 73.1 Å². The van der Waals surface area contributed by atoms with Gasteiger partial charge in [0.25, 0.3) is 0 Å². The molecule has 1 saturated heterocycles. The highest BCUT2D eigenvalue weighted by Crippen LogP contribution is 2.31. The van der Waals surface area contributed by atoms with E-state index in [-0.39, 0.29) is 17.9 Å². The Labute approximate surface area is 226 Å². The zero-order valence-electron chi connectivity index (χ0n) is 22.6. The second-order valence-corrected chi connectivity index (χ2v) is 9.76. The zero-order chi connectivity index (χ0) is 28.1. The maximum absolute atomic E-state index is 14.1. The van der Waals surface area contributed by atoms with Gasteiger partial charge in [-0.1, -0.05) is 25.1 Å². The Morgan fingerprint density at radius 3 is 2.46 bits per heavy atom. The van der Waals surface area contributed by atoms with E-state index in [1.54, 1.807) is 49.2 Å². The first-order valence-electron chi connectivity index (χ1n) is 12.9. The van der Waals surface area contributed by atoms with Gasteiger partial charge >= 0.3 is 5.97 Å². The Balaban J connectivity index is 1.54. The maximum Gasteiger partial charge on any atom is 0.337 e. The Hall–Kier alpha value is -3.63. The highest BCUT2D eigenvalue weighted by molar-refractivity contribution is 5.90. The molecular formula is C29H34F2N4O4. The monoisotopic (exact) mass is 540 g/mol. The van der Waals surface area contributed by atoms with Crippen LogP contribution in [0.3, 0.4) is 0 Å². The third kappa shape index (κ3) is 6.34. The Kier molecular flexibility index (Phi) is 9.08. The predicted octanol–water partition coefficient (Wildman–Crippen LogP) is 3.88. The van der Waals surface area contributed by atoms with Crippen LogP contribution < -0.4 is 5.32 Å². The van der Waals surface area contributed by atoms with E-state index in [2.05, 4.69) is 15.3 Å². The van der Waals surface area contributed by atoms with Crippen LogP contribution in [0, 0.1) is 11.6 Å². The van der Waals surface area contributed by atoms with E-state index < -0.39 is 23.5 Å². The summed E-state index contributed by atoms with van der Waals surface area (Å²) in [6, 6.07) is 12.5. The molecule has 0 spiro atoms. The van der Waals surface area contributed by atoms with Crippen LogP contribution in [0.2, 0.25) is 0 Å². The number of carbonyl (C=O) groups excluding carboxylic acids is 2. The molecule has 4 rings (SSSR count). The maximum atomic E-state index is 14.1. The Bertz CT molecular complexity index is 1310. The minimum absolute atomic E-state index is 0.153. The number of nitrogens with zero attached hydrogens (tertiary/aromatic N) is 3. The van der Waals surface area contributed by atoms with Crippen molar-refractivity contribution in [2.45, 2.75) is 31.2 Å². The summed E-state index contributed by atoms with van der Waals surface area (Å²) in [6.07, 6.45) is 0.544. The smallest absolute Gasteiger partial charge is 0.337 e. The van der Waals surface area contributed by atoms with Crippen molar-refractivity contribution in [2.75, 3.05) is 40.5 Å². The van der Waals surface area contributed by atoms with Gasteiger partial charge in [0.15, 0.2) is 11.6 Å². The summed E-state index contributed by atoms with van der Waals surface area (Å²) in [4.78, 5) is 27.5. The fourth-order valence-electron chi connectivity index (χ4n) is 5.17. The molecule has 2 heterocycles. The number of methoxy groups -OCH3 is 2. The molecule has 1 amide bonds. The van der Waals surface area contributed by atoms with Crippen LogP contribution in [0.5, 0.6) is 0 Å². The lowest BCUT2D eigenvalue weighted by Crippen LogP contribution is -2.42. The standard InChI is InChI=1S/C29H34F2N4O4/c1-5-21(27-15-25(33-34(27)2)18-6-8-19(9-7-18)29(37)39-4)28(36)32-26-17-35(12-13-38-3)16-22(26)20-10-11-23(30)24(31)14-20/h6-11,14-15,21-22,26H,5,12-13,16-17H2,1-4H3,(H,32,36). The number of benzene rings is 2. The topological polar surface area (TPSA) is 85.7 Å². The third-order valence-electron chi connectivity index (χ3n) is 7.31. The van der Waals surface area contributed by atoms with E-state index in [0.717, 1.165) is 17.3 Å². The molecule has 1 aromatic heterocycles. The van der Waals surface area contributed by atoms with Crippen molar-refractivity contribution >= 4 is 11.9 Å². The van der Waals surface area contributed by atoms with Gasteiger partial charge in [-0.15, -0.1) is 0 Å². The molecule has 1 fully saturated rings. The van der Waals surface area contributed by atoms with Crippen LogP contribution in [0.1, 0.15) is 46.8 Å². The fourth-order valence-corrected chi connectivity index (χ4v) is 5.17. The van der Waals surface area contributed by atoms with E-state index in [1.165, 1.54) is 13.2 Å². The van der Waals surface area contributed by atoms with Crippen LogP contribution in [0.4, 0.5) is 8.78 Å². The molecule has 3 unspecified atom stereocenters. The van der Waals surface area contributed by atoms with Crippen molar-refractivity contribution in [3.63, 3.8) is 0 Å². The van der Waals surface area contributed by atoms with E-state index in [4.69, 9.17) is 9.47 Å². The number of rotatable bonds is 10. The quantitative estimate of drug-likeness (QED) is 0.393. The van der Waals surface area contributed by atoms with Gasteiger partial charge in [-0.25, -0.2) is 13.6 Å². The molecule has 3 atom stereocenters. The summed E-state index contributed by atoms with van der Waals surface area (Å²) in [7, 11) is 4.76. The second kappa shape index (κ2) is 12.5. The van der Waals surface area contributed by atoms with Gasteiger partial charge in [0.1, 0.15) is 0 Å². The van der Waals surface area contributed by atoms with Gasteiger partial charge in [0, 0.05) is 51.3 Å². The van der Waals surface area contributed by atoms with Crippen LogP contribution in [0.25, 0.3) is 11.3 Å². The first kappa shape index (κ1) is 28.4. The summed E-state index contributed by atoms with van der Waals surface area (Å²) < 4.78 is 39.3. The Morgan fingerprint density at radius 2 is 1.82 bits per heavy atom. The van der Waals surface area contributed by atoms with Crippen molar-refractivity contribution in [2.24, 2.45) is 7.05 Å². The SMILES string of the molecule is CCC(C(=O)NC1CN(CCOC)CC1c1ccc(F)c(F)c1)c1cc(-c2ccc(C(=O)OC)cc2)nn1C. The summed E-state index contributed by atoms with van der Waals surface area (Å²) >= 11 is 0. The third-order valence-corrected chi connectivity index (χ3v) is 7.31. The minimum Gasteiger partial charge on any atom is -0.465 e. The molecular weight excluding hydrogens is 506 g/mol. The van der Waals surface area contributed by atoms with E-state index in [0.29, 0.717) is 49.5 Å². The van der Waals surface area contributed by atoms with Crippen LogP contribution in [0.15, 0.2) is 48.5 Å². The average molecular weight is 541 g/mol. The van der Waals surface area contributed by atoms with Crippen molar-refractivity contribution in [1.82, 2.24) is 20.0 Å². The van der Waals surface area contributed by atoms with E-state index >= 15 is 0 Å². The highest BCUT2D eigenvalue weighted by atomic mass is 19.2. The van der Waals surface area contributed by atoms with Gasteiger partial charge < -0.3 is 14.8 Å². The summed E-state index contributed by atoms with van der Waals surface area (Å²) in [6.45, 7) is 4.29. The lowest BCUT2D eigenvalue weighted by molar-refractivity contribution is -0.123. The summed E-state index contributed by atoms with van der Waals surface area (Å²) in [5.74, 6) is -3.04.